The van der Waals surface area contributed by atoms with Gasteiger partial charge in [0.05, 0.1) is 4.92 Å². The smallest absolute Gasteiger partial charge is 0.353 e. The number of nitrogens with one attached hydrogen (secondary N) is 1. The molecule has 1 aromatic carbocycles. The molecule has 1 heterocycles. The van der Waals surface area contributed by atoms with E-state index in [-0.39, 0.29) is 22.6 Å². The molecule has 0 aliphatic rings. The second-order valence-corrected chi connectivity index (χ2v) is 3.81. The van der Waals surface area contributed by atoms with Gasteiger partial charge in [-0.1, -0.05) is 6.07 Å². The molecule has 0 radical (unpaired) electrons. The van der Waals surface area contributed by atoms with E-state index in [0.717, 1.165) is 6.07 Å². The fraction of sp³-hybridized carbons (Fsp3) is 0. The van der Waals surface area contributed by atoms with Gasteiger partial charge in [0.2, 0.25) is 16.9 Å². The summed E-state index contributed by atoms with van der Waals surface area (Å²) in [5.41, 5.74) is 5.17. The van der Waals surface area contributed by atoms with Crippen LogP contribution in [-0.4, -0.2) is 14.9 Å². The van der Waals surface area contributed by atoms with Crippen LogP contribution in [0.15, 0.2) is 24.3 Å². The van der Waals surface area contributed by atoms with E-state index in [0.29, 0.717) is 0 Å². The summed E-state index contributed by atoms with van der Waals surface area (Å²) < 4.78 is 13.0. The van der Waals surface area contributed by atoms with Gasteiger partial charge >= 0.3 is 5.69 Å². The van der Waals surface area contributed by atoms with E-state index in [1.807, 2.05) is 0 Å². The van der Waals surface area contributed by atoms with Crippen LogP contribution in [0.1, 0.15) is 0 Å². The fourth-order valence-electron chi connectivity index (χ4n) is 1.41. The summed E-state index contributed by atoms with van der Waals surface area (Å²) in [6, 6.07) is 5.34. The van der Waals surface area contributed by atoms with E-state index in [9.17, 15) is 14.5 Å². The van der Waals surface area contributed by atoms with Crippen molar-refractivity contribution >= 4 is 34.6 Å². The molecular weight excluding hydrogens is 277 g/mol. The maximum Gasteiger partial charge on any atom is 0.353 e. The van der Waals surface area contributed by atoms with Gasteiger partial charge in [-0.25, -0.2) is 4.39 Å². The van der Waals surface area contributed by atoms with Gasteiger partial charge in [0.15, 0.2) is 0 Å². The lowest BCUT2D eigenvalue weighted by molar-refractivity contribution is -0.383. The molecule has 2 aromatic rings. The molecule has 0 unspecified atom stereocenters. The van der Waals surface area contributed by atoms with Crippen LogP contribution < -0.4 is 11.1 Å². The number of nitrogens with two attached hydrogens (primary N) is 1. The number of anilines is 3. The quantitative estimate of drug-likeness (QED) is 0.509. The molecule has 0 atom stereocenters. The van der Waals surface area contributed by atoms with Crippen molar-refractivity contribution in [3.05, 3.63) is 45.5 Å². The molecule has 7 nitrogen and oxygen atoms in total. The lowest BCUT2D eigenvalue weighted by atomic mass is 10.3. The van der Waals surface area contributed by atoms with Gasteiger partial charge in [-0.3, -0.25) is 10.1 Å². The number of halogens is 2. The molecule has 1 aromatic heterocycles. The number of rotatable bonds is 3. The van der Waals surface area contributed by atoms with E-state index in [2.05, 4.69) is 15.3 Å². The predicted octanol–water partition coefficient (Wildman–Crippen LogP) is 2.50. The minimum Gasteiger partial charge on any atom is -0.378 e. The Morgan fingerprint density at radius 3 is 2.79 bits per heavy atom. The molecular formula is C10H7ClFN5O2. The summed E-state index contributed by atoms with van der Waals surface area (Å²) in [4.78, 5) is 17.3. The topological polar surface area (TPSA) is 107 Å². The van der Waals surface area contributed by atoms with Crippen LogP contribution in [0.3, 0.4) is 0 Å². The molecule has 0 saturated heterocycles. The summed E-state index contributed by atoms with van der Waals surface area (Å²) in [5.74, 6) is -1.07. The number of hydrogen-bond acceptors (Lipinski definition) is 6. The molecule has 0 fully saturated rings. The third-order valence-electron chi connectivity index (χ3n) is 2.15. The Morgan fingerprint density at radius 1 is 1.42 bits per heavy atom. The summed E-state index contributed by atoms with van der Waals surface area (Å²) in [7, 11) is 0. The first-order chi connectivity index (χ1) is 8.97. The molecule has 0 bridgehead atoms. The molecule has 0 saturated carbocycles. The van der Waals surface area contributed by atoms with Gasteiger partial charge in [-0.15, -0.1) is 0 Å². The second-order valence-electron chi connectivity index (χ2n) is 3.47. The van der Waals surface area contributed by atoms with Crippen molar-refractivity contribution in [1.29, 1.82) is 0 Å². The maximum absolute atomic E-state index is 13.0. The molecule has 0 amide bonds. The molecule has 3 N–H and O–H groups in total. The largest absolute Gasteiger partial charge is 0.378 e. The average molecular weight is 284 g/mol. The number of benzene rings is 1. The van der Waals surface area contributed by atoms with Crippen LogP contribution in [-0.2, 0) is 0 Å². The van der Waals surface area contributed by atoms with Gasteiger partial charge in [0.25, 0.3) is 0 Å². The van der Waals surface area contributed by atoms with Crippen molar-refractivity contribution < 1.29 is 9.31 Å². The fourth-order valence-corrected chi connectivity index (χ4v) is 1.59. The van der Waals surface area contributed by atoms with Crippen molar-refractivity contribution in [2.75, 3.05) is 11.1 Å². The summed E-state index contributed by atoms with van der Waals surface area (Å²) in [6.45, 7) is 0. The van der Waals surface area contributed by atoms with Crippen molar-refractivity contribution in [3.8, 4) is 0 Å². The van der Waals surface area contributed by atoms with Crippen molar-refractivity contribution in [1.82, 2.24) is 9.97 Å². The van der Waals surface area contributed by atoms with Gasteiger partial charge in [0, 0.05) is 5.69 Å². The first-order valence-electron chi connectivity index (χ1n) is 4.97. The Morgan fingerprint density at radius 2 is 2.16 bits per heavy atom. The van der Waals surface area contributed by atoms with Crippen LogP contribution in [0.2, 0.25) is 5.28 Å². The van der Waals surface area contributed by atoms with Crippen molar-refractivity contribution in [2.24, 2.45) is 0 Å². The second kappa shape index (κ2) is 5.02. The highest BCUT2D eigenvalue weighted by atomic mass is 35.5. The number of aromatic nitrogens is 2. The Bertz CT molecular complexity index is 652. The molecule has 9 heteroatoms. The summed E-state index contributed by atoms with van der Waals surface area (Å²) in [6.07, 6.45) is 0. The zero-order valence-corrected chi connectivity index (χ0v) is 10.1. The highest BCUT2D eigenvalue weighted by Gasteiger charge is 2.22. The van der Waals surface area contributed by atoms with Crippen molar-refractivity contribution in [3.63, 3.8) is 0 Å². The van der Waals surface area contributed by atoms with Crippen LogP contribution >= 0.6 is 11.6 Å². The van der Waals surface area contributed by atoms with Crippen molar-refractivity contribution in [2.45, 2.75) is 0 Å². The molecule has 0 aliphatic carbocycles. The van der Waals surface area contributed by atoms with Gasteiger partial charge in [-0.2, -0.15) is 9.97 Å². The highest BCUT2D eigenvalue weighted by molar-refractivity contribution is 6.28. The first-order valence-corrected chi connectivity index (χ1v) is 5.35. The minimum absolute atomic E-state index is 0.201. The van der Waals surface area contributed by atoms with E-state index >= 15 is 0 Å². The average Bonchev–Trinajstić information content (AvgIpc) is 2.26. The van der Waals surface area contributed by atoms with Crippen LogP contribution in [0, 0.1) is 15.9 Å². The zero-order chi connectivity index (χ0) is 14.0. The zero-order valence-electron chi connectivity index (χ0n) is 9.30. The lowest BCUT2D eigenvalue weighted by Crippen LogP contribution is -2.06. The maximum atomic E-state index is 13.0. The van der Waals surface area contributed by atoms with Crippen LogP contribution in [0.25, 0.3) is 0 Å². The number of nitrogens with zero attached hydrogens (tertiary/aromatic N) is 3. The molecule has 19 heavy (non-hydrogen) atoms. The van der Waals surface area contributed by atoms with Gasteiger partial charge < -0.3 is 11.1 Å². The number of nitro groups is 1. The standard InChI is InChI=1S/C10H7ClFN5O2/c11-10-15-8(13)7(17(18)19)9(16-10)14-6-3-1-2-5(12)4-6/h1-4H,(H3,13,14,15,16). The minimum atomic E-state index is -0.743. The third-order valence-corrected chi connectivity index (χ3v) is 2.32. The van der Waals surface area contributed by atoms with E-state index in [1.165, 1.54) is 18.2 Å². The summed E-state index contributed by atoms with van der Waals surface area (Å²) >= 11 is 5.59. The number of nitrogen functional groups attached to an aromatic ring is 1. The molecule has 98 valence electrons. The van der Waals surface area contributed by atoms with Gasteiger partial charge in [0.1, 0.15) is 5.82 Å². The monoisotopic (exact) mass is 283 g/mol. The van der Waals surface area contributed by atoms with E-state index in [4.69, 9.17) is 17.3 Å². The Kier molecular flexibility index (Phi) is 3.43. The van der Waals surface area contributed by atoms with E-state index in [1.54, 1.807) is 0 Å². The summed E-state index contributed by atoms with van der Waals surface area (Å²) in [5, 5.41) is 13.2. The van der Waals surface area contributed by atoms with E-state index < -0.39 is 16.4 Å². The van der Waals surface area contributed by atoms with Gasteiger partial charge in [-0.05, 0) is 29.8 Å². The Hall–Kier alpha value is -2.48. The van der Waals surface area contributed by atoms with Crippen LogP contribution in [0.4, 0.5) is 27.4 Å². The predicted molar refractivity (Wildman–Crippen MR) is 67.8 cm³/mol. The normalized spacial score (nSPS) is 10.2. The Labute approximate surface area is 111 Å². The Balaban J connectivity index is 2.47. The SMILES string of the molecule is Nc1nc(Cl)nc(Nc2cccc(F)c2)c1[N+](=O)[O-]. The highest BCUT2D eigenvalue weighted by Crippen LogP contribution is 2.31. The van der Waals surface area contributed by atoms with Crippen LogP contribution in [0.5, 0.6) is 0 Å². The lowest BCUT2D eigenvalue weighted by Gasteiger charge is -2.07. The number of hydrogen-bond donors (Lipinski definition) is 2. The molecule has 0 spiro atoms. The molecule has 0 aliphatic heterocycles. The first kappa shape index (κ1) is 13.0. The third kappa shape index (κ3) is 2.86. The molecule has 2 rings (SSSR count).